The number of nitrogens with one attached hydrogen (secondary N) is 2. The summed E-state index contributed by atoms with van der Waals surface area (Å²) < 4.78 is 22.2. The van der Waals surface area contributed by atoms with Gasteiger partial charge >= 0.3 is 0 Å². The predicted molar refractivity (Wildman–Crippen MR) is 113 cm³/mol. The van der Waals surface area contributed by atoms with Crippen LogP contribution in [0.15, 0.2) is 4.99 Å². The number of nitrogens with zero attached hydrogens (tertiary/aromatic N) is 2. The summed E-state index contributed by atoms with van der Waals surface area (Å²) in [6, 6.07) is 0. The average Bonchev–Trinajstić information content (AvgIpc) is 2.75. The summed E-state index contributed by atoms with van der Waals surface area (Å²) in [5.41, 5.74) is 0. The zero-order chi connectivity index (χ0) is 17.0. The number of halogens is 1. The first-order valence-corrected chi connectivity index (χ1v) is 11.0. The fraction of sp³-hybridized carbons (Fsp3) is 0.938. The molecule has 1 aliphatic rings. The van der Waals surface area contributed by atoms with Gasteiger partial charge in [0.05, 0.1) is 5.75 Å². The van der Waals surface area contributed by atoms with Crippen molar-refractivity contribution in [3.8, 4) is 0 Å². The third-order valence-electron chi connectivity index (χ3n) is 3.93. The molecule has 1 saturated heterocycles. The van der Waals surface area contributed by atoms with Gasteiger partial charge in [-0.25, -0.2) is 8.42 Å². The minimum absolute atomic E-state index is 0. The van der Waals surface area contributed by atoms with Crippen LogP contribution in [0.25, 0.3) is 0 Å². The Morgan fingerprint density at radius 2 is 1.75 bits per heavy atom. The number of hydrogen-bond donors (Lipinski definition) is 2. The molecular formula is C16H35IN4O2S. The van der Waals surface area contributed by atoms with Crippen molar-refractivity contribution in [2.45, 2.75) is 45.4 Å². The van der Waals surface area contributed by atoms with Crippen LogP contribution in [0.2, 0.25) is 0 Å². The van der Waals surface area contributed by atoms with E-state index in [2.05, 4.69) is 20.5 Å². The Morgan fingerprint density at radius 3 is 2.33 bits per heavy atom. The van der Waals surface area contributed by atoms with Crippen molar-refractivity contribution in [3.05, 3.63) is 0 Å². The summed E-state index contributed by atoms with van der Waals surface area (Å²) >= 11 is 0. The minimum Gasteiger partial charge on any atom is -0.357 e. The van der Waals surface area contributed by atoms with E-state index in [0.29, 0.717) is 13.0 Å². The largest absolute Gasteiger partial charge is 0.357 e. The van der Waals surface area contributed by atoms with Crippen molar-refractivity contribution in [1.29, 1.82) is 0 Å². The van der Waals surface area contributed by atoms with Crippen LogP contribution < -0.4 is 10.6 Å². The van der Waals surface area contributed by atoms with Crippen molar-refractivity contribution in [1.82, 2.24) is 15.5 Å². The SMILES string of the molecule is CCNC(=NCCCS(C)(=O)=O)NCCCN1CCCCCC1.I. The van der Waals surface area contributed by atoms with E-state index in [9.17, 15) is 8.42 Å². The second-order valence-corrected chi connectivity index (χ2v) is 8.54. The topological polar surface area (TPSA) is 73.8 Å². The Kier molecular flexibility index (Phi) is 14.1. The molecule has 0 amide bonds. The van der Waals surface area contributed by atoms with E-state index in [1.54, 1.807) is 0 Å². The van der Waals surface area contributed by atoms with E-state index in [1.807, 2.05) is 6.92 Å². The maximum atomic E-state index is 11.1. The molecule has 8 heteroatoms. The van der Waals surface area contributed by atoms with Crippen LogP contribution in [-0.2, 0) is 9.84 Å². The summed E-state index contributed by atoms with van der Waals surface area (Å²) in [6.45, 7) is 7.89. The Hall–Kier alpha value is -0.0900. The van der Waals surface area contributed by atoms with E-state index in [-0.39, 0.29) is 29.7 Å². The molecule has 0 aromatic carbocycles. The van der Waals surface area contributed by atoms with Gasteiger partial charge in [-0.3, -0.25) is 4.99 Å². The van der Waals surface area contributed by atoms with Crippen molar-refractivity contribution >= 4 is 39.8 Å². The summed E-state index contributed by atoms with van der Waals surface area (Å²) in [5.74, 6) is 0.988. The molecule has 0 bridgehead atoms. The third kappa shape index (κ3) is 13.2. The highest BCUT2D eigenvalue weighted by molar-refractivity contribution is 14.0. The highest BCUT2D eigenvalue weighted by Crippen LogP contribution is 2.09. The number of sulfone groups is 1. The van der Waals surface area contributed by atoms with Gasteiger partial charge in [-0.15, -0.1) is 24.0 Å². The van der Waals surface area contributed by atoms with E-state index in [0.717, 1.165) is 32.0 Å². The molecule has 24 heavy (non-hydrogen) atoms. The highest BCUT2D eigenvalue weighted by atomic mass is 127. The van der Waals surface area contributed by atoms with Crippen LogP contribution in [0, 0.1) is 0 Å². The maximum Gasteiger partial charge on any atom is 0.191 e. The second-order valence-electron chi connectivity index (χ2n) is 6.28. The first-order chi connectivity index (χ1) is 11.0. The van der Waals surface area contributed by atoms with Crippen LogP contribution in [-0.4, -0.2) is 70.6 Å². The van der Waals surface area contributed by atoms with Crippen molar-refractivity contribution in [2.24, 2.45) is 4.99 Å². The standard InChI is InChI=1S/C16H34N4O2S.HI/c1-3-17-16(19-11-9-15-23(2,21)22)18-10-8-14-20-12-6-4-5-7-13-20;/h3-15H2,1-2H3,(H2,17,18,19);1H. The van der Waals surface area contributed by atoms with Gasteiger partial charge in [0.25, 0.3) is 0 Å². The molecule has 0 atom stereocenters. The first kappa shape index (κ1) is 23.9. The molecule has 1 heterocycles. The molecule has 0 aromatic rings. The van der Waals surface area contributed by atoms with Crippen molar-refractivity contribution in [3.63, 3.8) is 0 Å². The molecule has 0 saturated carbocycles. The molecule has 0 radical (unpaired) electrons. The Morgan fingerprint density at radius 1 is 1.08 bits per heavy atom. The van der Waals surface area contributed by atoms with Crippen molar-refractivity contribution < 1.29 is 8.42 Å². The molecule has 6 nitrogen and oxygen atoms in total. The Balaban J connectivity index is 0.00000529. The zero-order valence-electron chi connectivity index (χ0n) is 15.2. The molecular weight excluding hydrogens is 439 g/mol. The number of aliphatic imine (C=N–C) groups is 1. The molecule has 1 fully saturated rings. The van der Waals surface area contributed by atoms with E-state index >= 15 is 0 Å². The van der Waals surface area contributed by atoms with Crippen LogP contribution in [0.5, 0.6) is 0 Å². The second kappa shape index (κ2) is 14.1. The van der Waals surface area contributed by atoms with E-state index in [1.165, 1.54) is 45.0 Å². The van der Waals surface area contributed by atoms with Crippen molar-refractivity contribution in [2.75, 3.05) is 51.3 Å². The minimum atomic E-state index is -2.89. The van der Waals surface area contributed by atoms with Gasteiger partial charge in [0.1, 0.15) is 9.84 Å². The Labute approximate surface area is 165 Å². The Bertz CT molecular complexity index is 435. The van der Waals surface area contributed by atoms with E-state index in [4.69, 9.17) is 0 Å². The lowest BCUT2D eigenvalue weighted by atomic mass is 10.2. The number of guanidine groups is 1. The lowest BCUT2D eigenvalue weighted by molar-refractivity contribution is 0.282. The van der Waals surface area contributed by atoms with Crippen LogP contribution in [0.1, 0.15) is 45.4 Å². The molecule has 0 unspecified atom stereocenters. The maximum absolute atomic E-state index is 11.1. The lowest BCUT2D eigenvalue weighted by Gasteiger charge is -2.20. The van der Waals surface area contributed by atoms with Gasteiger partial charge in [0, 0.05) is 25.9 Å². The zero-order valence-corrected chi connectivity index (χ0v) is 18.4. The fourth-order valence-electron chi connectivity index (χ4n) is 2.73. The molecule has 0 aromatic heterocycles. The van der Waals surface area contributed by atoms with Gasteiger partial charge in [0.15, 0.2) is 5.96 Å². The molecule has 0 spiro atoms. The van der Waals surface area contributed by atoms with Crippen LogP contribution >= 0.6 is 24.0 Å². The third-order valence-corrected chi connectivity index (χ3v) is 4.96. The molecule has 1 rings (SSSR count). The van der Waals surface area contributed by atoms with Crippen LogP contribution in [0.3, 0.4) is 0 Å². The lowest BCUT2D eigenvalue weighted by Crippen LogP contribution is -2.39. The van der Waals surface area contributed by atoms with Gasteiger partial charge in [-0.2, -0.15) is 0 Å². The quantitative estimate of drug-likeness (QED) is 0.231. The predicted octanol–water partition coefficient (Wildman–Crippen LogP) is 1.86. The van der Waals surface area contributed by atoms with Gasteiger partial charge in [-0.1, -0.05) is 12.8 Å². The molecule has 2 N–H and O–H groups in total. The highest BCUT2D eigenvalue weighted by Gasteiger charge is 2.08. The summed E-state index contributed by atoms with van der Waals surface area (Å²) in [7, 11) is -2.89. The summed E-state index contributed by atoms with van der Waals surface area (Å²) in [6.07, 6.45) is 8.36. The van der Waals surface area contributed by atoms with Gasteiger partial charge < -0.3 is 15.5 Å². The molecule has 0 aliphatic carbocycles. The smallest absolute Gasteiger partial charge is 0.191 e. The monoisotopic (exact) mass is 474 g/mol. The molecule has 144 valence electrons. The normalized spacial score (nSPS) is 17.0. The fourth-order valence-corrected chi connectivity index (χ4v) is 3.38. The van der Waals surface area contributed by atoms with E-state index < -0.39 is 9.84 Å². The average molecular weight is 474 g/mol. The summed E-state index contributed by atoms with van der Waals surface area (Å²) in [4.78, 5) is 6.99. The number of rotatable bonds is 9. The molecule has 1 aliphatic heterocycles. The van der Waals surface area contributed by atoms with Gasteiger partial charge in [0.2, 0.25) is 0 Å². The first-order valence-electron chi connectivity index (χ1n) is 8.93. The number of likely N-dealkylation sites (tertiary alicyclic amines) is 1. The van der Waals surface area contributed by atoms with Crippen LogP contribution in [0.4, 0.5) is 0 Å². The van der Waals surface area contributed by atoms with Gasteiger partial charge in [-0.05, 0) is 52.2 Å². The summed E-state index contributed by atoms with van der Waals surface area (Å²) in [5, 5.41) is 6.54. The number of hydrogen-bond acceptors (Lipinski definition) is 4.